The molecule has 6 heteroatoms. The summed E-state index contributed by atoms with van der Waals surface area (Å²) in [6, 6.07) is 0. The molecule has 1 fully saturated rings. The standard InChI is InChI=1S/C8H15FN2O3/c9-6-5-11(3-4-12)2-1-7(6)14-8(10)13/h6-7,12H,1-5H2,(H2,10,13). The number of likely N-dealkylation sites (tertiary alicyclic amines) is 1. The van der Waals surface area contributed by atoms with Gasteiger partial charge in [-0.05, 0) is 0 Å². The highest BCUT2D eigenvalue weighted by molar-refractivity contribution is 5.64. The fourth-order valence-electron chi connectivity index (χ4n) is 1.57. The second-order valence-corrected chi connectivity index (χ2v) is 3.30. The highest BCUT2D eigenvalue weighted by Crippen LogP contribution is 2.16. The van der Waals surface area contributed by atoms with Gasteiger partial charge in [-0.2, -0.15) is 0 Å². The number of aliphatic hydroxyl groups is 1. The summed E-state index contributed by atoms with van der Waals surface area (Å²) in [4.78, 5) is 12.2. The Morgan fingerprint density at radius 3 is 2.93 bits per heavy atom. The van der Waals surface area contributed by atoms with E-state index >= 15 is 0 Å². The van der Waals surface area contributed by atoms with E-state index in [4.69, 9.17) is 10.8 Å². The summed E-state index contributed by atoms with van der Waals surface area (Å²) >= 11 is 0. The highest BCUT2D eigenvalue weighted by atomic mass is 19.1. The molecular formula is C8H15FN2O3. The van der Waals surface area contributed by atoms with Gasteiger partial charge in [-0.15, -0.1) is 0 Å². The maximum absolute atomic E-state index is 13.3. The second-order valence-electron chi connectivity index (χ2n) is 3.30. The van der Waals surface area contributed by atoms with Crippen molar-refractivity contribution in [2.45, 2.75) is 18.7 Å². The summed E-state index contributed by atoms with van der Waals surface area (Å²) in [6.07, 6.45) is -2.47. The van der Waals surface area contributed by atoms with Crippen LogP contribution in [0.3, 0.4) is 0 Å². The van der Waals surface area contributed by atoms with Gasteiger partial charge in [-0.3, -0.25) is 4.90 Å². The quantitative estimate of drug-likeness (QED) is 0.652. The number of hydrogen-bond acceptors (Lipinski definition) is 4. The summed E-state index contributed by atoms with van der Waals surface area (Å²) in [5, 5.41) is 8.65. The van der Waals surface area contributed by atoms with Crippen molar-refractivity contribution in [3.05, 3.63) is 0 Å². The predicted octanol–water partition coefficient (Wildman–Crippen LogP) is -0.514. The molecule has 0 saturated carbocycles. The largest absolute Gasteiger partial charge is 0.443 e. The van der Waals surface area contributed by atoms with Crippen LogP contribution in [0.1, 0.15) is 6.42 Å². The van der Waals surface area contributed by atoms with Gasteiger partial charge < -0.3 is 15.6 Å². The van der Waals surface area contributed by atoms with Crippen LogP contribution >= 0.6 is 0 Å². The number of nitrogens with two attached hydrogens (primary N) is 1. The number of nitrogens with zero attached hydrogens (tertiary/aromatic N) is 1. The Morgan fingerprint density at radius 2 is 2.43 bits per heavy atom. The number of hydrogen-bond donors (Lipinski definition) is 2. The number of carbonyl (C=O) groups is 1. The molecule has 82 valence electrons. The van der Waals surface area contributed by atoms with Crippen LogP contribution in [0.5, 0.6) is 0 Å². The number of ether oxygens (including phenoxy) is 1. The molecule has 0 spiro atoms. The Balaban J connectivity index is 2.35. The Morgan fingerprint density at radius 1 is 1.71 bits per heavy atom. The van der Waals surface area contributed by atoms with Crippen LogP contribution in [-0.2, 0) is 4.74 Å². The number of rotatable bonds is 3. The molecule has 0 bridgehead atoms. The molecule has 2 unspecified atom stereocenters. The molecule has 1 amide bonds. The monoisotopic (exact) mass is 206 g/mol. The predicted molar refractivity (Wildman–Crippen MR) is 47.5 cm³/mol. The van der Waals surface area contributed by atoms with Crippen LogP contribution in [-0.4, -0.2) is 54.6 Å². The van der Waals surface area contributed by atoms with Gasteiger partial charge in [-0.25, -0.2) is 9.18 Å². The third-order valence-electron chi connectivity index (χ3n) is 2.25. The molecular weight excluding hydrogens is 191 g/mol. The molecule has 1 aliphatic heterocycles. The van der Waals surface area contributed by atoms with E-state index in [2.05, 4.69) is 4.74 Å². The Hall–Kier alpha value is -0.880. The molecule has 0 radical (unpaired) electrons. The summed E-state index contributed by atoms with van der Waals surface area (Å²) in [5.74, 6) is 0. The van der Waals surface area contributed by atoms with Crippen molar-refractivity contribution in [3.8, 4) is 0 Å². The zero-order valence-corrected chi connectivity index (χ0v) is 7.86. The van der Waals surface area contributed by atoms with Crippen LogP contribution in [0, 0.1) is 0 Å². The second kappa shape index (κ2) is 5.11. The average Bonchev–Trinajstić information content (AvgIpc) is 2.10. The van der Waals surface area contributed by atoms with E-state index in [1.807, 2.05) is 0 Å². The van der Waals surface area contributed by atoms with E-state index in [9.17, 15) is 9.18 Å². The Labute approximate surface area is 81.6 Å². The maximum atomic E-state index is 13.3. The topological polar surface area (TPSA) is 75.8 Å². The van der Waals surface area contributed by atoms with Crippen LogP contribution in [0.2, 0.25) is 0 Å². The van der Waals surface area contributed by atoms with Crippen molar-refractivity contribution in [2.75, 3.05) is 26.2 Å². The first-order valence-electron chi connectivity index (χ1n) is 4.57. The number of piperidine rings is 1. The minimum Gasteiger partial charge on any atom is -0.443 e. The first-order valence-corrected chi connectivity index (χ1v) is 4.57. The van der Waals surface area contributed by atoms with E-state index in [0.717, 1.165) is 0 Å². The summed E-state index contributed by atoms with van der Waals surface area (Å²) in [6.45, 7) is 1.25. The molecule has 2 atom stereocenters. The van der Waals surface area contributed by atoms with Gasteiger partial charge >= 0.3 is 6.09 Å². The molecule has 0 aliphatic carbocycles. The minimum absolute atomic E-state index is 0.00800. The molecule has 0 aromatic rings. The van der Waals surface area contributed by atoms with Gasteiger partial charge in [0.15, 0.2) is 0 Å². The van der Waals surface area contributed by atoms with E-state index < -0.39 is 18.4 Å². The number of primary amides is 1. The normalized spacial score (nSPS) is 28.7. The Bertz CT molecular complexity index is 203. The zero-order valence-electron chi connectivity index (χ0n) is 7.86. The SMILES string of the molecule is NC(=O)OC1CCN(CCO)CC1F. The highest BCUT2D eigenvalue weighted by Gasteiger charge is 2.31. The average molecular weight is 206 g/mol. The minimum atomic E-state index is -1.22. The molecule has 14 heavy (non-hydrogen) atoms. The van der Waals surface area contributed by atoms with Crippen molar-refractivity contribution < 1.29 is 19.0 Å². The van der Waals surface area contributed by atoms with Crippen LogP contribution < -0.4 is 5.73 Å². The molecule has 1 heterocycles. The van der Waals surface area contributed by atoms with E-state index in [1.165, 1.54) is 0 Å². The van der Waals surface area contributed by atoms with Crippen molar-refractivity contribution in [3.63, 3.8) is 0 Å². The number of halogens is 1. The fourth-order valence-corrected chi connectivity index (χ4v) is 1.57. The number of β-amino-alcohol motifs (C(OH)–C–C–N with tert-alkyl or cyclic N) is 1. The van der Waals surface area contributed by atoms with Crippen molar-refractivity contribution in [1.82, 2.24) is 4.90 Å². The fraction of sp³-hybridized carbons (Fsp3) is 0.875. The van der Waals surface area contributed by atoms with Crippen molar-refractivity contribution in [2.24, 2.45) is 5.73 Å². The first-order chi connectivity index (χ1) is 6.63. The lowest BCUT2D eigenvalue weighted by atomic mass is 10.1. The lowest BCUT2D eigenvalue weighted by Crippen LogP contribution is -2.47. The van der Waals surface area contributed by atoms with Crippen LogP contribution in [0.25, 0.3) is 0 Å². The third kappa shape index (κ3) is 3.12. The van der Waals surface area contributed by atoms with Gasteiger partial charge in [0.2, 0.25) is 0 Å². The lowest BCUT2D eigenvalue weighted by molar-refractivity contribution is -0.00786. The lowest BCUT2D eigenvalue weighted by Gasteiger charge is -2.33. The van der Waals surface area contributed by atoms with Gasteiger partial charge in [0.25, 0.3) is 0 Å². The van der Waals surface area contributed by atoms with Crippen molar-refractivity contribution in [1.29, 1.82) is 0 Å². The molecule has 3 N–H and O–H groups in total. The number of amides is 1. The van der Waals surface area contributed by atoms with Gasteiger partial charge in [0, 0.05) is 26.1 Å². The van der Waals surface area contributed by atoms with Gasteiger partial charge in [0.1, 0.15) is 12.3 Å². The molecule has 5 nitrogen and oxygen atoms in total. The summed E-state index contributed by atoms with van der Waals surface area (Å²) in [5.41, 5.74) is 4.80. The third-order valence-corrected chi connectivity index (χ3v) is 2.25. The number of alkyl halides is 1. The van der Waals surface area contributed by atoms with E-state index in [1.54, 1.807) is 4.90 Å². The number of aliphatic hydroxyl groups excluding tert-OH is 1. The first kappa shape index (κ1) is 11.2. The maximum Gasteiger partial charge on any atom is 0.404 e. The Kier molecular flexibility index (Phi) is 4.09. The van der Waals surface area contributed by atoms with E-state index in [-0.39, 0.29) is 13.2 Å². The smallest absolute Gasteiger partial charge is 0.404 e. The van der Waals surface area contributed by atoms with Crippen molar-refractivity contribution >= 4 is 6.09 Å². The molecule has 0 aromatic heterocycles. The van der Waals surface area contributed by atoms with Gasteiger partial charge in [0.05, 0.1) is 6.61 Å². The van der Waals surface area contributed by atoms with Crippen LogP contribution in [0.4, 0.5) is 9.18 Å². The zero-order chi connectivity index (χ0) is 10.6. The molecule has 1 rings (SSSR count). The molecule has 1 aliphatic rings. The summed E-state index contributed by atoms with van der Waals surface area (Å²) in [7, 11) is 0. The van der Waals surface area contributed by atoms with E-state index in [0.29, 0.717) is 19.5 Å². The summed E-state index contributed by atoms with van der Waals surface area (Å²) < 4.78 is 17.9. The van der Waals surface area contributed by atoms with Crippen LogP contribution in [0.15, 0.2) is 0 Å². The number of carbonyl (C=O) groups excluding carboxylic acids is 1. The molecule has 1 saturated heterocycles. The van der Waals surface area contributed by atoms with Gasteiger partial charge in [-0.1, -0.05) is 0 Å². The molecule has 0 aromatic carbocycles.